The molecule has 4 heterocycles. The van der Waals surface area contributed by atoms with Crippen molar-refractivity contribution in [1.82, 2.24) is 24.8 Å². The summed E-state index contributed by atoms with van der Waals surface area (Å²) in [5.74, 6) is -0.182. The molecule has 8 nitrogen and oxygen atoms in total. The minimum absolute atomic E-state index is 0.00506. The van der Waals surface area contributed by atoms with E-state index < -0.39 is 5.60 Å². The molecular formula is C30H37N5O3S. The number of benzene rings is 1. The highest BCUT2D eigenvalue weighted by Gasteiger charge is 2.30. The highest BCUT2D eigenvalue weighted by Crippen LogP contribution is 2.34. The molecule has 1 saturated heterocycles. The van der Waals surface area contributed by atoms with E-state index >= 15 is 0 Å². The van der Waals surface area contributed by atoms with E-state index in [1.807, 2.05) is 26.8 Å². The van der Waals surface area contributed by atoms with Gasteiger partial charge in [0, 0.05) is 31.0 Å². The molecule has 0 bridgehead atoms. The quantitative estimate of drug-likeness (QED) is 0.345. The number of thiophene rings is 1. The highest BCUT2D eigenvalue weighted by atomic mass is 32.1. The van der Waals surface area contributed by atoms with Crippen molar-refractivity contribution in [3.8, 4) is 5.69 Å². The Morgan fingerprint density at radius 1 is 1.18 bits per heavy atom. The van der Waals surface area contributed by atoms with Gasteiger partial charge in [0.05, 0.1) is 16.4 Å². The van der Waals surface area contributed by atoms with E-state index in [4.69, 9.17) is 4.74 Å². The molecule has 9 heteroatoms. The first-order valence-corrected chi connectivity index (χ1v) is 14.2. The van der Waals surface area contributed by atoms with Crippen LogP contribution in [0.2, 0.25) is 0 Å². The third-order valence-electron chi connectivity index (χ3n) is 6.94. The van der Waals surface area contributed by atoms with Crippen LogP contribution in [0.3, 0.4) is 0 Å². The predicted molar refractivity (Wildman–Crippen MR) is 157 cm³/mol. The Bertz CT molecular complexity index is 1620. The van der Waals surface area contributed by atoms with Gasteiger partial charge in [-0.1, -0.05) is 39.5 Å². The number of ether oxygens (including phenoxy) is 1. The zero-order chi connectivity index (χ0) is 28.1. The number of piperidine rings is 1. The average molecular weight is 548 g/mol. The number of hydrogen-bond donors (Lipinski definition) is 2. The largest absolute Gasteiger partial charge is 0.444 e. The molecule has 0 unspecified atom stereocenters. The van der Waals surface area contributed by atoms with Gasteiger partial charge in [-0.25, -0.2) is 9.78 Å². The molecule has 1 aromatic carbocycles. The molecule has 0 saturated carbocycles. The lowest BCUT2D eigenvalue weighted by Gasteiger charge is -2.34. The number of aromatic amines is 1. The van der Waals surface area contributed by atoms with Gasteiger partial charge in [0.15, 0.2) is 0 Å². The molecule has 1 fully saturated rings. The minimum atomic E-state index is -0.562. The van der Waals surface area contributed by atoms with Crippen molar-refractivity contribution in [2.45, 2.75) is 71.4 Å². The lowest BCUT2D eigenvalue weighted by molar-refractivity contribution is 0.0186. The van der Waals surface area contributed by atoms with Crippen LogP contribution >= 0.6 is 11.3 Å². The molecule has 1 atom stereocenters. The number of nitrogens with one attached hydrogen (secondary N) is 2. The van der Waals surface area contributed by atoms with Crippen molar-refractivity contribution < 1.29 is 14.3 Å². The van der Waals surface area contributed by atoms with Crippen molar-refractivity contribution in [2.75, 3.05) is 13.1 Å². The van der Waals surface area contributed by atoms with Crippen LogP contribution in [0.4, 0.5) is 4.79 Å². The minimum Gasteiger partial charge on any atom is -0.444 e. The number of likely N-dealkylation sites (tertiary alicyclic amines) is 1. The standard InChI is InChI=1S/C30H37N5O3S/c1-18-32-24-23-22(35(18)21-12-8-10-19(16-21)29(2,3)4)13-14-31-27(23)39-25(24)26(36)33-20-11-9-15-34(17-20)28(37)38-30(5,6)7/h8,10,12-14,16,20,32H,1,9,11,15,17H2,2-7H3,(H,33,36)/t20-/m1/s1. The zero-order valence-corrected chi connectivity index (χ0v) is 24.4. The Kier molecular flexibility index (Phi) is 6.83. The number of carbonyl (C=O) groups excluding carboxylic acids is 2. The molecule has 39 heavy (non-hydrogen) atoms. The molecule has 0 aliphatic carbocycles. The van der Waals surface area contributed by atoms with Crippen molar-refractivity contribution in [1.29, 1.82) is 0 Å². The number of aromatic nitrogens is 3. The fourth-order valence-corrected chi connectivity index (χ4v) is 6.08. The first-order chi connectivity index (χ1) is 18.3. The van der Waals surface area contributed by atoms with Gasteiger partial charge in [-0.3, -0.25) is 9.36 Å². The molecule has 1 aliphatic rings. The van der Waals surface area contributed by atoms with E-state index in [2.05, 4.69) is 71.5 Å². The zero-order valence-electron chi connectivity index (χ0n) is 23.6. The van der Waals surface area contributed by atoms with Gasteiger partial charge in [-0.15, -0.1) is 11.3 Å². The Labute approximate surface area is 232 Å². The Hall–Kier alpha value is -3.59. The molecule has 1 aliphatic heterocycles. The summed E-state index contributed by atoms with van der Waals surface area (Å²) >= 11 is 1.36. The SMILES string of the molecule is C=c1[nH]c2c(C(=O)N[C@@H]3CCCN(C(=O)OC(C)(C)C)C3)sc3nccc(c32)n1-c1cccc(C(C)(C)C)c1. The van der Waals surface area contributed by atoms with E-state index in [0.29, 0.717) is 23.4 Å². The lowest BCUT2D eigenvalue weighted by atomic mass is 9.87. The molecule has 2 N–H and O–H groups in total. The van der Waals surface area contributed by atoms with Crippen LogP contribution in [0.15, 0.2) is 36.5 Å². The first-order valence-electron chi connectivity index (χ1n) is 13.4. The van der Waals surface area contributed by atoms with Gasteiger partial charge in [0.25, 0.3) is 5.91 Å². The topological polar surface area (TPSA) is 92.2 Å². The number of rotatable bonds is 3. The van der Waals surface area contributed by atoms with Crippen molar-refractivity contribution >= 4 is 51.2 Å². The van der Waals surface area contributed by atoms with Crippen LogP contribution in [-0.4, -0.2) is 56.2 Å². The molecule has 3 aromatic heterocycles. The van der Waals surface area contributed by atoms with Gasteiger partial charge in [-0.2, -0.15) is 0 Å². The van der Waals surface area contributed by atoms with E-state index in [0.717, 1.165) is 39.8 Å². The summed E-state index contributed by atoms with van der Waals surface area (Å²) in [6, 6.07) is 10.3. The van der Waals surface area contributed by atoms with Gasteiger partial charge in [-0.05, 0) is 62.8 Å². The molecule has 0 radical (unpaired) electrons. The van der Waals surface area contributed by atoms with Gasteiger partial charge in [0.1, 0.15) is 20.8 Å². The van der Waals surface area contributed by atoms with Crippen molar-refractivity contribution in [3.63, 3.8) is 0 Å². The normalized spacial score (nSPS) is 16.6. The second-order valence-corrected chi connectivity index (χ2v) is 13.3. The second-order valence-electron chi connectivity index (χ2n) is 12.3. The second kappa shape index (κ2) is 9.86. The van der Waals surface area contributed by atoms with Gasteiger partial charge in [0.2, 0.25) is 0 Å². The monoisotopic (exact) mass is 547 g/mol. The van der Waals surface area contributed by atoms with Crippen LogP contribution in [0.1, 0.15) is 69.6 Å². The summed E-state index contributed by atoms with van der Waals surface area (Å²) < 4.78 is 7.62. The van der Waals surface area contributed by atoms with Crippen LogP contribution in [-0.2, 0) is 10.2 Å². The first kappa shape index (κ1) is 27.0. The fraction of sp³-hybridized carbons (Fsp3) is 0.433. The molecule has 4 aromatic rings. The van der Waals surface area contributed by atoms with Crippen LogP contribution in [0.5, 0.6) is 0 Å². The van der Waals surface area contributed by atoms with Gasteiger partial charge >= 0.3 is 6.09 Å². The number of H-pyrrole nitrogens is 1. The number of carbonyl (C=O) groups is 2. The summed E-state index contributed by atoms with van der Waals surface area (Å²) in [6.07, 6.45) is 3.03. The maximum absolute atomic E-state index is 13.6. The average Bonchev–Trinajstić information content (AvgIpc) is 3.22. The summed E-state index contributed by atoms with van der Waals surface area (Å²) in [4.78, 5) is 37.2. The van der Waals surface area contributed by atoms with Crippen LogP contribution < -0.4 is 10.8 Å². The fourth-order valence-electron chi connectivity index (χ4n) is 5.06. The third-order valence-corrected chi connectivity index (χ3v) is 8.03. The Morgan fingerprint density at radius 2 is 1.95 bits per heavy atom. The van der Waals surface area contributed by atoms with Crippen LogP contribution in [0, 0.1) is 0 Å². The predicted octanol–water partition coefficient (Wildman–Crippen LogP) is 5.69. The van der Waals surface area contributed by atoms with Crippen LogP contribution in [0.25, 0.3) is 33.5 Å². The van der Waals surface area contributed by atoms with Gasteiger partial charge < -0.3 is 19.9 Å². The maximum atomic E-state index is 13.6. The number of pyridine rings is 1. The van der Waals surface area contributed by atoms with Crippen molar-refractivity contribution in [3.05, 3.63) is 52.4 Å². The molecule has 5 rings (SSSR count). The van der Waals surface area contributed by atoms with E-state index in [-0.39, 0.29) is 23.5 Å². The summed E-state index contributed by atoms with van der Waals surface area (Å²) in [7, 11) is 0. The van der Waals surface area contributed by atoms with E-state index in [9.17, 15) is 9.59 Å². The van der Waals surface area contributed by atoms with Crippen molar-refractivity contribution in [2.24, 2.45) is 0 Å². The third kappa shape index (κ3) is 5.45. The lowest BCUT2D eigenvalue weighted by Crippen LogP contribution is -2.50. The molecule has 2 amide bonds. The molecule has 0 spiro atoms. The number of amides is 2. The maximum Gasteiger partial charge on any atom is 0.410 e. The number of hydrogen-bond acceptors (Lipinski definition) is 5. The smallest absolute Gasteiger partial charge is 0.410 e. The summed E-state index contributed by atoms with van der Waals surface area (Å²) in [6.45, 7) is 17.5. The van der Waals surface area contributed by atoms with E-state index in [1.165, 1.54) is 16.9 Å². The van der Waals surface area contributed by atoms with E-state index in [1.54, 1.807) is 11.1 Å². The Morgan fingerprint density at radius 3 is 2.67 bits per heavy atom. The molecule has 206 valence electrons. The Balaban J connectivity index is 1.47. The highest BCUT2D eigenvalue weighted by molar-refractivity contribution is 7.21. The summed E-state index contributed by atoms with van der Waals surface area (Å²) in [5.41, 5.74) is 4.00. The summed E-state index contributed by atoms with van der Waals surface area (Å²) in [5, 5.41) is 4.06. The molecular weight excluding hydrogens is 510 g/mol. The number of nitrogens with zero attached hydrogens (tertiary/aromatic N) is 3.